The normalized spacial score (nSPS) is 13.4. The molecule has 1 heterocycles. The molecule has 8 heteroatoms. The maximum absolute atomic E-state index is 13.2. The standard InChI is InChI=1S/C14H14FN3O4/c1-7(14(20)21)12(19)16-8(2)13-17-11(18-22-13)9-4-3-5-10(15)6-9/h3-8H,1-2H3,(H,16,19)(H,20,21). The minimum atomic E-state index is -1.23. The molecule has 0 aliphatic rings. The summed E-state index contributed by atoms with van der Waals surface area (Å²) in [5.41, 5.74) is 0.437. The number of rotatable bonds is 5. The number of aromatic nitrogens is 2. The summed E-state index contributed by atoms with van der Waals surface area (Å²) >= 11 is 0. The van der Waals surface area contributed by atoms with Gasteiger partial charge in [-0.25, -0.2) is 4.39 Å². The van der Waals surface area contributed by atoms with Crippen LogP contribution < -0.4 is 5.32 Å². The van der Waals surface area contributed by atoms with E-state index < -0.39 is 29.7 Å². The second kappa shape index (κ2) is 6.33. The fourth-order valence-electron chi connectivity index (χ4n) is 1.67. The predicted molar refractivity (Wildman–Crippen MR) is 73.0 cm³/mol. The Morgan fingerprint density at radius 2 is 2.09 bits per heavy atom. The van der Waals surface area contributed by atoms with E-state index in [4.69, 9.17) is 9.63 Å². The monoisotopic (exact) mass is 307 g/mol. The molecule has 22 heavy (non-hydrogen) atoms. The Labute approximate surface area is 125 Å². The van der Waals surface area contributed by atoms with E-state index in [0.717, 1.165) is 0 Å². The number of hydrogen-bond donors (Lipinski definition) is 2. The summed E-state index contributed by atoms with van der Waals surface area (Å²) in [6.07, 6.45) is 0. The zero-order valence-electron chi connectivity index (χ0n) is 11.9. The third-order valence-electron chi connectivity index (χ3n) is 3.02. The SMILES string of the molecule is CC(C(=O)O)C(=O)NC(C)c1nc(-c2cccc(F)c2)no1. The van der Waals surface area contributed by atoms with Crippen LogP contribution in [0.1, 0.15) is 25.8 Å². The van der Waals surface area contributed by atoms with Crippen molar-refractivity contribution in [3.05, 3.63) is 36.0 Å². The van der Waals surface area contributed by atoms with E-state index in [1.165, 1.54) is 25.1 Å². The molecule has 0 saturated heterocycles. The molecule has 116 valence electrons. The van der Waals surface area contributed by atoms with Crippen LogP contribution in [0.3, 0.4) is 0 Å². The minimum absolute atomic E-state index is 0.102. The van der Waals surface area contributed by atoms with Crippen LogP contribution >= 0.6 is 0 Å². The quantitative estimate of drug-likeness (QED) is 0.816. The van der Waals surface area contributed by atoms with Crippen LogP contribution in [-0.2, 0) is 9.59 Å². The van der Waals surface area contributed by atoms with Gasteiger partial charge in [-0.3, -0.25) is 9.59 Å². The van der Waals surface area contributed by atoms with Crippen molar-refractivity contribution in [2.24, 2.45) is 5.92 Å². The molecule has 2 N–H and O–H groups in total. The molecule has 2 atom stereocenters. The molecule has 0 bridgehead atoms. The number of carboxylic acids is 1. The number of aliphatic carboxylic acids is 1. The number of carbonyl (C=O) groups is 2. The number of carboxylic acid groups (broad SMARTS) is 1. The van der Waals surface area contributed by atoms with Crippen LogP contribution in [0.25, 0.3) is 11.4 Å². The maximum Gasteiger partial charge on any atom is 0.315 e. The lowest BCUT2D eigenvalue weighted by Crippen LogP contribution is -2.35. The number of nitrogens with one attached hydrogen (secondary N) is 1. The summed E-state index contributed by atoms with van der Waals surface area (Å²) in [5.74, 6) is -3.22. The summed E-state index contributed by atoms with van der Waals surface area (Å²) in [7, 11) is 0. The molecular formula is C14H14FN3O4. The van der Waals surface area contributed by atoms with Gasteiger partial charge in [-0.05, 0) is 26.0 Å². The van der Waals surface area contributed by atoms with E-state index in [1.54, 1.807) is 13.0 Å². The fourth-order valence-corrected chi connectivity index (χ4v) is 1.67. The van der Waals surface area contributed by atoms with Gasteiger partial charge in [0.2, 0.25) is 17.6 Å². The Bertz CT molecular complexity index is 701. The smallest absolute Gasteiger partial charge is 0.315 e. The summed E-state index contributed by atoms with van der Waals surface area (Å²) in [4.78, 5) is 26.5. The van der Waals surface area contributed by atoms with Crippen LogP contribution in [0.15, 0.2) is 28.8 Å². The Kier molecular flexibility index (Phi) is 4.50. The number of carbonyl (C=O) groups excluding carboxylic acids is 1. The molecule has 0 spiro atoms. The Balaban J connectivity index is 2.11. The summed E-state index contributed by atoms with van der Waals surface area (Å²) in [6, 6.07) is 5.02. The average molecular weight is 307 g/mol. The molecule has 0 radical (unpaired) electrons. The largest absolute Gasteiger partial charge is 0.481 e. The van der Waals surface area contributed by atoms with Crippen molar-refractivity contribution < 1.29 is 23.6 Å². The van der Waals surface area contributed by atoms with Crippen LogP contribution in [0.4, 0.5) is 4.39 Å². The summed E-state index contributed by atoms with van der Waals surface area (Å²) in [6.45, 7) is 2.85. The number of benzene rings is 1. The van der Waals surface area contributed by atoms with E-state index in [2.05, 4.69) is 15.5 Å². The Morgan fingerprint density at radius 1 is 1.36 bits per heavy atom. The van der Waals surface area contributed by atoms with E-state index in [-0.39, 0.29) is 11.7 Å². The second-order valence-corrected chi connectivity index (χ2v) is 4.76. The van der Waals surface area contributed by atoms with Gasteiger partial charge in [-0.15, -0.1) is 0 Å². The Hall–Kier alpha value is -2.77. The van der Waals surface area contributed by atoms with E-state index in [1.807, 2.05) is 0 Å². The zero-order valence-corrected chi connectivity index (χ0v) is 11.9. The lowest BCUT2D eigenvalue weighted by Gasteiger charge is -2.11. The molecule has 2 aromatic rings. The lowest BCUT2D eigenvalue weighted by molar-refractivity contribution is -0.146. The average Bonchev–Trinajstić information content (AvgIpc) is 2.96. The topological polar surface area (TPSA) is 105 Å². The van der Waals surface area contributed by atoms with Crippen molar-refractivity contribution >= 4 is 11.9 Å². The molecule has 0 fully saturated rings. The molecule has 1 amide bonds. The molecule has 1 aromatic carbocycles. The first-order valence-corrected chi connectivity index (χ1v) is 6.51. The van der Waals surface area contributed by atoms with Crippen molar-refractivity contribution in [2.75, 3.05) is 0 Å². The highest BCUT2D eigenvalue weighted by molar-refractivity contribution is 5.96. The van der Waals surface area contributed by atoms with E-state index >= 15 is 0 Å². The fraction of sp³-hybridized carbons (Fsp3) is 0.286. The van der Waals surface area contributed by atoms with Gasteiger partial charge in [-0.2, -0.15) is 4.98 Å². The molecule has 0 saturated carbocycles. The Morgan fingerprint density at radius 3 is 2.73 bits per heavy atom. The molecule has 1 aromatic heterocycles. The molecule has 7 nitrogen and oxygen atoms in total. The van der Waals surface area contributed by atoms with Gasteiger partial charge in [0.15, 0.2) is 0 Å². The number of hydrogen-bond acceptors (Lipinski definition) is 5. The summed E-state index contributed by atoms with van der Waals surface area (Å²) < 4.78 is 18.2. The molecule has 0 aliphatic carbocycles. The third-order valence-corrected chi connectivity index (χ3v) is 3.02. The number of nitrogens with zero attached hydrogens (tertiary/aromatic N) is 2. The zero-order chi connectivity index (χ0) is 16.3. The van der Waals surface area contributed by atoms with Gasteiger partial charge in [0.05, 0.1) is 0 Å². The molecular weight excluding hydrogens is 293 g/mol. The second-order valence-electron chi connectivity index (χ2n) is 4.76. The van der Waals surface area contributed by atoms with Crippen molar-refractivity contribution in [1.82, 2.24) is 15.5 Å². The van der Waals surface area contributed by atoms with Gasteiger partial charge in [-0.1, -0.05) is 17.3 Å². The van der Waals surface area contributed by atoms with Crippen molar-refractivity contribution in [1.29, 1.82) is 0 Å². The van der Waals surface area contributed by atoms with E-state index in [0.29, 0.717) is 5.56 Å². The van der Waals surface area contributed by atoms with Gasteiger partial charge >= 0.3 is 5.97 Å². The van der Waals surface area contributed by atoms with Crippen molar-refractivity contribution in [3.63, 3.8) is 0 Å². The van der Waals surface area contributed by atoms with Gasteiger partial charge in [0.1, 0.15) is 17.8 Å². The first kappa shape index (κ1) is 15.6. The van der Waals surface area contributed by atoms with Gasteiger partial charge in [0, 0.05) is 5.56 Å². The highest BCUT2D eigenvalue weighted by Gasteiger charge is 2.24. The van der Waals surface area contributed by atoms with Crippen LogP contribution in [0.2, 0.25) is 0 Å². The predicted octanol–water partition coefficient (Wildman–Crippen LogP) is 1.77. The van der Waals surface area contributed by atoms with E-state index in [9.17, 15) is 14.0 Å². The first-order chi connectivity index (χ1) is 10.4. The molecule has 0 aliphatic heterocycles. The lowest BCUT2D eigenvalue weighted by atomic mass is 10.1. The van der Waals surface area contributed by atoms with Gasteiger partial charge < -0.3 is 14.9 Å². The molecule has 2 rings (SSSR count). The summed E-state index contributed by atoms with van der Waals surface area (Å²) in [5, 5.41) is 14.9. The van der Waals surface area contributed by atoms with Gasteiger partial charge in [0.25, 0.3) is 0 Å². The van der Waals surface area contributed by atoms with Crippen LogP contribution in [-0.4, -0.2) is 27.1 Å². The number of amides is 1. The van der Waals surface area contributed by atoms with Crippen molar-refractivity contribution in [2.45, 2.75) is 19.9 Å². The van der Waals surface area contributed by atoms with Crippen molar-refractivity contribution in [3.8, 4) is 11.4 Å². The first-order valence-electron chi connectivity index (χ1n) is 6.51. The van der Waals surface area contributed by atoms with Crippen LogP contribution in [0.5, 0.6) is 0 Å². The van der Waals surface area contributed by atoms with Crippen LogP contribution in [0, 0.1) is 11.7 Å². The highest BCUT2D eigenvalue weighted by Crippen LogP contribution is 2.19. The number of halogens is 1. The third kappa shape index (κ3) is 3.46. The minimum Gasteiger partial charge on any atom is -0.481 e. The maximum atomic E-state index is 13.2. The highest BCUT2D eigenvalue weighted by atomic mass is 19.1. The molecule has 2 unspecified atom stereocenters.